The number of hydrogen-bond donors (Lipinski definition) is 1. The number of benzene rings is 2. The van der Waals surface area contributed by atoms with Crippen molar-refractivity contribution in [2.75, 3.05) is 18.1 Å². The van der Waals surface area contributed by atoms with E-state index in [4.69, 9.17) is 26.2 Å². The lowest BCUT2D eigenvalue weighted by atomic mass is 9.98. The molecular weight excluding hydrogens is 366 g/mol. The van der Waals surface area contributed by atoms with Crippen LogP contribution in [0.1, 0.15) is 31.9 Å². The van der Waals surface area contributed by atoms with Crippen LogP contribution in [0.3, 0.4) is 0 Å². The fraction of sp³-hybridized carbons (Fsp3) is 0.381. The molecule has 1 N–H and O–H groups in total. The van der Waals surface area contributed by atoms with E-state index in [1.807, 2.05) is 30.3 Å². The highest BCUT2D eigenvalue weighted by molar-refractivity contribution is 6.30. The van der Waals surface area contributed by atoms with Crippen LogP contribution in [0.5, 0.6) is 11.5 Å². The number of carbonyl (C=O) groups is 1. The van der Waals surface area contributed by atoms with Crippen LogP contribution in [-0.2, 0) is 13.0 Å². The number of nitrogens with zero attached hydrogens (tertiary/aromatic N) is 1. The van der Waals surface area contributed by atoms with Gasteiger partial charge >= 0.3 is 6.16 Å². The van der Waals surface area contributed by atoms with Crippen LogP contribution in [0.2, 0.25) is 5.02 Å². The molecule has 0 amide bonds. The number of ether oxygens (including phenoxy) is 2. The number of anilines is 1. The molecule has 27 heavy (non-hydrogen) atoms. The van der Waals surface area contributed by atoms with Crippen LogP contribution in [0, 0.1) is 5.41 Å². The summed E-state index contributed by atoms with van der Waals surface area (Å²) in [5, 5.41) is 9.59. The van der Waals surface area contributed by atoms with Crippen LogP contribution in [0.15, 0.2) is 36.4 Å². The van der Waals surface area contributed by atoms with Crippen molar-refractivity contribution >= 4 is 23.4 Å². The van der Waals surface area contributed by atoms with Crippen LogP contribution in [0.25, 0.3) is 0 Å². The van der Waals surface area contributed by atoms with Gasteiger partial charge in [0.1, 0.15) is 11.5 Å². The van der Waals surface area contributed by atoms with E-state index in [2.05, 4.69) is 25.7 Å². The van der Waals surface area contributed by atoms with Crippen molar-refractivity contribution in [2.45, 2.75) is 33.7 Å². The maximum atomic E-state index is 10.9. The molecule has 2 aromatic carbocycles. The fourth-order valence-electron chi connectivity index (χ4n) is 3.14. The lowest BCUT2D eigenvalue weighted by Gasteiger charge is -2.24. The summed E-state index contributed by atoms with van der Waals surface area (Å²) in [6.45, 7) is 8.40. The third kappa shape index (κ3) is 4.86. The van der Waals surface area contributed by atoms with E-state index >= 15 is 0 Å². The summed E-state index contributed by atoms with van der Waals surface area (Å²) in [5.74, 6) is 1.22. The molecule has 0 aliphatic carbocycles. The van der Waals surface area contributed by atoms with Gasteiger partial charge in [-0.25, -0.2) is 4.79 Å². The summed E-state index contributed by atoms with van der Waals surface area (Å²) in [7, 11) is 0. The van der Waals surface area contributed by atoms with Gasteiger partial charge in [0, 0.05) is 34.9 Å². The molecule has 0 aromatic heterocycles. The van der Waals surface area contributed by atoms with Gasteiger partial charge < -0.3 is 19.5 Å². The van der Waals surface area contributed by atoms with Crippen molar-refractivity contribution in [3.05, 3.63) is 52.5 Å². The first kappa shape index (κ1) is 19.4. The zero-order valence-corrected chi connectivity index (χ0v) is 16.5. The fourth-order valence-corrected chi connectivity index (χ4v) is 3.33. The molecule has 0 atom stereocenters. The minimum atomic E-state index is -1.30. The Morgan fingerprint density at radius 3 is 2.70 bits per heavy atom. The predicted molar refractivity (Wildman–Crippen MR) is 106 cm³/mol. The van der Waals surface area contributed by atoms with Crippen LogP contribution >= 0.6 is 11.6 Å². The first-order valence-electron chi connectivity index (χ1n) is 8.92. The summed E-state index contributed by atoms with van der Waals surface area (Å²) < 4.78 is 11.0. The first-order valence-corrected chi connectivity index (χ1v) is 9.29. The van der Waals surface area contributed by atoms with Gasteiger partial charge in [-0.05, 0) is 42.2 Å². The van der Waals surface area contributed by atoms with Gasteiger partial charge in [-0.2, -0.15) is 0 Å². The van der Waals surface area contributed by atoms with Crippen LogP contribution in [0.4, 0.5) is 10.5 Å². The minimum Gasteiger partial charge on any atom is -0.493 e. The van der Waals surface area contributed by atoms with Crippen molar-refractivity contribution in [2.24, 2.45) is 5.41 Å². The van der Waals surface area contributed by atoms with Crippen molar-refractivity contribution < 1.29 is 19.4 Å². The molecule has 0 spiro atoms. The molecule has 1 heterocycles. The largest absolute Gasteiger partial charge is 0.511 e. The number of fused-ring (bicyclic) bond motifs is 1. The number of rotatable bonds is 5. The maximum absolute atomic E-state index is 10.9. The van der Waals surface area contributed by atoms with Crippen molar-refractivity contribution in [1.82, 2.24) is 0 Å². The molecule has 5 nitrogen and oxygen atoms in total. The Kier molecular flexibility index (Phi) is 5.51. The lowest BCUT2D eigenvalue weighted by Crippen LogP contribution is -2.21. The van der Waals surface area contributed by atoms with E-state index in [1.165, 1.54) is 0 Å². The second kappa shape index (κ2) is 7.69. The normalized spacial score (nSPS) is 13.4. The van der Waals surface area contributed by atoms with Gasteiger partial charge in [-0.15, -0.1) is 0 Å². The van der Waals surface area contributed by atoms with Gasteiger partial charge in [-0.1, -0.05) is 38.4 Å². The van der Waals surface area contributed by atoms with E-state index < -0.39 is 6.16 Å². The highest BCUT2D eigenvalue weighted by atomic mass is 35.5. The van der Waals surface area contributed by atoms with E-state index in [0.717, 1.165) is 35.5 Å². The minimum absolute atomic E-state index is 0.0558. The van der Waals surface area contributed by atoms with Gasteiger partial charge in [0.25, 0.3) is 0 Å². The number of hydrogen-bond acceptors (Lipinski definition) is 4. The molecule has 0 radical (unpaired) electrons. The van der Waals surface area contributed by atoms with Crippen LogP contribution in [-0.4, -0.2) is 24.4 Å². The first-order chi connectivity index (χ1) is 12.7. The zero-order valence-electron chi connectivity index (χ0n) is 15.8. The SMILES string of the molecule is CC(C)(C)COc1ccc(Cl)cc1CN1CCc2c(OC(=O)O)cccc21. The molecule has 0 unspecified atom stereocenters. The third-order valence-electron chi connectivity index (χ3n) is 4.32. The molecule has 1 aliphatic heterocycles. The average molecular weight is 390 g/mol. The average Bonchev–Trinajstić information content (AvgIpc) is 2.97. The van der Waals surface area contributed by atoms with Crippen molar-refractivity contribution in [3.8, 4) is 11.5 Å². The molecule has 2 aromatic rings. The van der Waals surface area contributed by atoms with E-state index in [0.29, 0.717) is 23.9 Å². The van der Waals surface area contributed by atoms with Gasteiger partial charge in [0.2, 0.25) is 0 Å². The summed E-state index contributed by atoms with van der Waals surface area (Å²) in [5.41, 5.74) is 2.96. The number of carboxylic acid groups (broad SMARTS) is 1. The van der Waals surface area contributed by atoms with Crippen LogP contribution < -0.4 is 14.4 Å². The summed E-state index contributed by atoms with van der Waals surface area (Å²) in [4.78, 5) is 13.1. The van der Waals surface area contributed by atoms with E-state index in [1.54, 1.807) is 6.07 Å². The monoisotopic (exact) mass is 389 g/mol. The predicted octanol–water partition coefficient (Wildman–Crippen LogP) is 5.38. The topological polar surface area (TPSA) is 59.0 Å². The second-order valence-electron chi connectivity index (χ2n) is 7.89. The number of halogens is 1. The molecule has 0 saturated heterocycles. The highest BCUT2D eigenvalue weighted by Gasteiger charge is 2.24. The zero-order chi connectivity index (χ0) is 19.6. The Labute approximate surface area is 164 Å². The molecule has 0 bridgehead atoms. The Hall–Kier alpha value is -2.40. The Balaban J connectivity index is 1.84. The van der Waals surface area contributed by atoms with Gasteiger partial charge in [-0.3, -0.25) is 0 Å². The van der Waals surface area contributed by atoms with Gasteiger partial charge in [0.15, 0.2) is 0 Å². The van der Waals surface area contributed by atoms with Crippen molar-refractivity contribution in [1.29, 1.82) is 0 Å². The second-order valence-corrected chi connectivity index (χ2v) is 8.33. The molecular formula is C21H24ClNO4. The molecule has 1 aliphatic rings. The van der Waals surface area contributed by atoms with Gasteiger partial charge in [0.05, 0.1) is 6.61 Å². The standard InChI is InChI=1S/C21H24ClNO4/c1-21(2,3)13-26-18-8-7-15(22)11-14(18)12-23-10-9-16-17(23)5-4-6-19(16)27-20(24)25/h4-8,11H,9-10,12-13H2,1-3H3,(H,24,25). The quantitative estimate of drug-likeness (QED) is 0.549. The third-order valence-corrected chi connectivity index (χ3v) is 4.56. The Bertz CT molecular complexity index is 845. The highest BCUT2D eigenvalue weighted by Crippen LogP contribution is 2.37. The Morgan fingerprint density at radius 2 is 2.00 bits per heavy atom. The molecule has 0 fully saturated rings. The molecule has 0 saturated carbocycles. The summed E-state index contributed by atoms with van der Waals surface area (Å²) >= 11 is 6.22. The smallest absolute Gasteiger partial charge is 0.493 e. The van der Waals surface area contributed by atoms with Crippen molar-refractivity contribution in [3.63, 3.8) is 0 Å². The molecule has 144 valence electrons. The van der Waals surface area contributed by atoms with E-state index in [-0.39, 0.29) is 5.41 Å². The molecule has 6 heteroatoms. The Morgan fingerprint density at radius 1 is 1.22 bits per heavy atom. The summed E-state index contributed by atoms with van der Waals surface area (Å²) in [6.07, 6.45) is -0.563. The maximum Gasteiger partial charge on any atom is 0.511 e. The summed E-state index contributed by atoms with van der Waals surface area (Å²) in [6, 6.07) is 11.1. The lowest BCUT2D eigenvalue weighted by molar-refractivity contribution is 0.144. The van der Waals surface area contributed by atoms with E-state index in [9.17, 15) is 4.79 Å². The molecule has 3 rings (SSSR count).